The number of aromatic amines is 1. The van der Waals surface area contributed by atoms with Gasteiger partial charge < -0.3 is 19.7 Å². The number of aryl methyl sites for hydroxylation is 2. The van der Waals surface area contributed by atoms with E-state index in [4.69, 9.17) is 4.52 Å². The summed E-state index contributed by atoms with van der Waals surface area (Å²) in [4.78, 5) is 22.4. The maximum absolute atomic E-state index is 12.6. The molecule has 1 aliphatic carbocycles. The van der Waals surface area contributed by atoms with Gasteiger partial charge in [-0.2, -0.15) is 4.98 Å². The number of carbonyl (C=O) groups is 1. The van der Waals surface area contributed by atoms with Crippen LogP contribution < -0.4 is 5.32 Å². The number of benzene rings is 1. The lowest BCUT2D eigenvalue weighted by Crippen LogP contribution is -2.37. The number of rotatable bonds is 4. The molecule has 2 aromatic heterocycles. The zero-order valence-electron chi connectivity index (χ0n) is 16.3. The quantitative estimate of drug-likeness (QED) is 0.723. The van der Waals surface area contributed by atoms with Crippen molar-refractivity contribution in [1.82, 2.24) is 25.3 Å². The molecule has 7 nitrogen and oxygen atoms in total. The number of hydrogen-bond donors (Lipinski definition) is 2. The van der Waals surface area contributed by atoms with Gasteiger partial charge in [0, 0.05) is 42.1 Å². The Labute approximate surface area is 163 Å². The summed E-state index contributed by atoms with van der Waals surface area (Å²) in [6.45, 7) is 6.07. The highest BCUT2D eigenvalue weighted by Gasteiger charge is 2.34. The number of fused-ring (bicyclic) bond motifs is 1. The minimum absolute atomic E-state index is 0.0356. The summed E-state index contributed by atoms with van der Waals surface area (Å²) in [7, 11) is 0. The topological polar surface area (TPSA) is 87.0 Å². The molecule has 146 valence electrons. The van der Waals surface area contributed by atoms with E-state index in [1.54, 1.807) is 0 Å². The predicted molar refractivity (Wildman–Crippen MR) is 105 cm³/mol. The zero-order valence-corrected chi connectivity index (χ0v) is 16.3. The van der Waals surface area contributed by atoms with Gasteiger partial charge in [-0.05, 0) is 56.4 Å². The van der Waals surface area contributed by atoms with Gasteiger partial charge in [0.2, 0.25) is 5.89 Å². The monoisotopic (exact) mass is 379 g/mol. The van der Waals surface area contributed by atoms with Crippen molar-refractivity contribution in [1.29, 1.82) is 0 Å². The Morgan fingerprint density at radius 3 is 2.96 bits per heavy atom. The average molecular weight is 379 g/mol. The van der Waals surface area contributed by atoms with E-state index in [0.717, 1.165) is 36.2 Å². The minimum Gasteiger partial charge on any atom is -0.358 e. The molecule has 2 N–H and O–H groups in total. The summed E-state index contributed by atoms with van der Waals surface area (Å²) >= 11 is 0. The van der Waals surface area contributed by atoms with Gasteiger partial charge in [0.25, 0.3) is 0 Å². The van der Waals surface area contributed by atoms with Crippen LogP contribution in [0.25, 0.3) is 10.9 Å². The van der Waals surface area contributed by atoms with Crippen molar-refractivity contribution >= 4 is 16.9 Å². The van der Waals surface area contributed by atoms with Crippen LogP contribution in [0, 0.1) is 13.8 Å². The van der Waals surface area contributed by atoms with Gasteiger partial charge in [-0.3, -0.25) is 0 Å². The molecule has 2 amide bonds. The van der Waals surface area contributed by atoms with Crippen molar-refractivity contribution in [3.63, 3.8) is 0 Å². The lowest BCUT2D eigenvalue weighted by Gasteiger charge is -2.17. The van der Waals surface area contributed by atoms with Crippen LogP contribution in [0.1, 0.15) is 59.6 Å². The van der Waals surface area contributed by atoms with E-state index >= 15 is 0 Å². The van der Waals surface area contributed by atoms with Crippen molar-refractivity contribution in [2.24, 2.45) is 0 Å². The van der Waals surface area contributed by atoms with Gasteiger partial charge >= 0.3 is 6.03 Å². The molecule has 5 rings (SSSR count). The van der Waals surface area contributed by atoms with Crippen LogP contribution in [0.5, 0.6) is 0 Å². The number of nitrogens with one attached hydrogen (secondary N) is 2. The van der Waals surface area contributed by atoms with E-state index in [1.807, 2.05) is 4.90 Å². The summed E-state index contributed by atoms with van der Waals surface area (Å²) in [5, 5.41) is 8.36. The lowest BCUT2D eigenvalue weighted by molar-refractivity contribution is 0.207. The fourth-order valence-corrected chi connectivity index (χ4v) is 3.97. The molecule has 1 atom stereocenters. The first kappa shape index (κ1) is 17.3. The lowest BCUT2D eigenvalue weighted by atomic mass is 10.1. The molecule has 0 bridgehead atoms. The smallest absolute Gasteiger partial charge is 0.317 e. The number of urea groups is 1. The first-order chi connectivity index (χ1) is 13.6. The standard InChI is InChI=1S/C21H25N5O2/c1-12-13(2)23-18-6-3-14(9-17(12)18)10-22-21(27)26-8-7-16(11-26)20-24-19(25-28-20)15-4-5-15/h3,6,9,15-16,23H,4-5,7-8,10-11H2,1-2H3,(H,22,27). The Morgan fingerprint density at radius 1 is 1.29 bits per heavy atom. The maximum atomic E-state index is 12.6. The summed E-state index contributed by atoms with van der Waals surface area (Å²) in [5.74, 6) is 2.15. The van der Waals surface area contributed by atoms with Gasteiger partial charge in [0.15, 0.2) is 5.82 Å². The average Bonchev–Trinajstić information content (AvgIpc) is 3.13. The van der Waals surface area contributed by atoms with Crippen molar-refractivity contribution in [2.45, 2.75) is 51.5 Å². The number of carbonyl (C=O) groups excluding carboxylic acids is 1. The third-order valence-corrected chi connectivity index (χ3v) is 6.04. The van der Waals surface area contributed by atoms with Gasteiger partial charge in [-0.25, -0.2) is 4.79 Å². The van der Waals surface area contributed by atoms with E-state index in [0.29, 0.717) is 31.4 Å². The number of hydrogen-bond acceptors (Lipinski definition) is 4. The second-order valence-corrected chi connectivity index (χ2v) is 8.11. The van der Waals surface area contributed by atoms with Crippen molar-refractivity contribution in [3.8, 4) is 0 Å². The Kier molecular flexibility index (Phi) is 4.10. The molecule has 1 saturated carbocycles. The van der Waals surface area contributed by atoms with Crippen molar-refractivity contribution in [3.05, 3.63) is 46.7 Å². The first-order valence-electron chi connectivity index (χ1n) is 10.0. The van der Waals surface area contributed by atoms with Crippen molar-refractivity contribution < 1.29 is 9.32 Å². The summed E-state index contributed by atoms with van der Waals surface area (Å²) in [5.41, 5.74) is 4.68. The fraction of sp³-hybridized carbons (Fsp3) is 0.476. The van der Waals surface area contributed by atoms with Crippen LogP contribution in [-0.2, 0) is 6.54 Å². The molecule has 28 heavy (non-hydrogen) atoms. The number of likely N-dealkylation sites (tertiary alicyclic amines) is 1. The zero-order chi connectivity index (χ0) is 19.3. The Hall–Kier alpha value is -2.83. The summed E-state index contributed by atoms with van der Waals surface area (Å²) in [6.07, 6.45) is 3.19. The molecule has 1 saturated heterocycles. The highest BCUT2D eigenvalue weighted by molar-refractivity contribution is 5.85. The summed E-state index contributed by atoms with van der Waals surface area (Å²) < 4.78 is 5.44. The molecule has 3 aromatic rings. The molecular weight excluding hydrogens is 354 g/mol. The highest BCUT2D eigenvalue weighted by Crippen LogP contribution is 2.39. The van der Waals surface area contributed by atoms with E-state index in [9.17, 15) is 4.79 Å². The number of H-pyrrole nitrogens is 1. The Bertz CT molecular complexity index is 1030. The van der Waals surface area contributed by atoms with Crippen LogP contribution in [0.3, 0.4) is 0 Å². The molecular formula is C21H25N5O2. The Balaban J connectivity index is 1.19. The highest BCUT2D eigenvalue weighted by atomic mass is 16.5. The molecule has 0 radical (unpaired) electrons. The van der Waals surface area contributed by atoms with Crippen molar-refractivity contribution in [2.75, 3.05) is 13.1 Å². The molecule has 1 unspecified atom stereocenters. The molecule has 0 spiro atoms. The maximum Gasteiger partial charge on any atom is 0.317 e. The number of nitrogens with zero attached hydrogens (tertiary/aromatic N) is 3. The van der Waals surface area contributed by atoms with Crippen LogP contribution in [0.15, 0.2) is 22.7 Å². The number of aromatic nitrogens is 3. The van der Waals surface area contributed by atoms with Gasteiger partial charge in [-0.1, -0.05) is 11.2 Å². The predicted octanol–water partition coefficient (Wildman–Crippen LogP) is 3.74. The molecule has 2 fully saturated rings. The van der Waals surface area contributed by atoms with Gasteiger partial charge in [0.1, 0.15) is 0 Å². The molecule has 7 heteroatoms. The van der Waals surface area contributed by atoms with Crippen LogP contribution >= 0.6 is 0 Å². The second-order valence-electron chi connectivity index (χ2n) is 8.11. The third-order valence-electron chi connectivity index (χ3n) is 6.04. The van der Waals surface area contributed by atoms with Crippen LogP contribution in [0.4, 0.5) is 4.79 Å². The van der Waals surface area contributed by atoms with Gasteiger partial charge in [-0.15, -0.1) is 0 Å². The van der Waals surface area contributed by atoms with E-state index in [-0.39, 0.29) is 11.9 Å². The SMILES string of the molecule is Cc1[nH]c2ccc(CNC(=O)N3CCC(c4nc(C5CC5)no4)C3)cc2c1C. The normalized spacial score (nSPS) is 19.5. The van der Waals surface area contributed by atoms with E-state index in [1.165, 1.54) is 16.6 Å². The molecule has 3 heterocycles. The largest absolute Gasteiger partial charge is 0.358 e. The van der Waals surface area contributed by atoms with E-state index < -0.39 is 0 Å². The molecule has 2 aliphatic rings. The third kappa shape index (κ3) is 3.15. The molecule has 1 aliphatic heterocycles. The van der Waals surface area contributed by atoms with Crippen LogP contribution in [0.2, 0.25) is 0 Å². The fourth-order valence-electron chi connectivity index (χ4n) is 3.97. The summed E-state index contributed by atoms with van der Waals surface area (Å²) in [6, 6.07) is 6.25. The van der Waals surface area contributed by atoms with E-state index in [2.05, 4.69) is 52.5 Å². The second kappa shape index (κ2) is 6.65. The Morgan fingerprint density at radius 2 is 2.14 bits per heavy atom. The molecule has 1 aromatic carbocycles. The first-order valence-corrected chi connectivity index (χ1v) is 10.0. The minimum atomic E-state index is -0.0356. The number of amides is 2. The van der Waals surface area contributed by atoms with Crippen LogP contribution in [-0.4, -0.2) is 39.1 Å². The van der Waals surface area contributed by atoms with Gasteiger partial charge in [0.05, 0.1) is 5.92 Å².